The molecule has 0 saturated carbocycles. The normalized spacial score (nSPS) is 12.3. The van der Waals surface area contributed by atoms with E-state index < -0.39 is 16.1 Å². The summed E-state index contributed by atoms with van der Waals surface area (Å²) < 4.78 is 27.4. The lowest BCUT2D eigenvalue weighted by Crippen LogP contribution is -2.49. The van der Waals surface area contributed by atoms with E-state index in [1.54, 1.807) is 17.9 Å². The number of nitrogens with zero attached hydrogens (tertiary/aromatic N) is 2. The van der Waals surface area contributed by atoms with Crippen molar-refractivity contribution in [2.75, 3.05) is 17.1 Å². The van der Waals surface area contributed by atoms with Crippen LogP contribution in [0, 0.1) is 13.8 Å². The Labute approximate surface area is 218 Å². The number of rotatable bonds is 11. The van der Waals surface area contributed by atoms with Crippen molar-refractivity contribution in [3.05, 3.63) is 63.6 Å². The van der Waals surface area contributed by atoms with Crippen LogP contribution in [0.3, 0.4) is 0 Å². The van der Waals surface area contributed by atoms with Crippen LogP contribution in [-0.2, 0) is 26.2 Å². The van der Waals surface area contributed by atoms with Crippen molar-refractivity contribution in [2.45, 2.75) is 66.1 Å². The molecule has 1 atom stereocenters. The minimum absolute atomic E-state index is 0.0459. The van der Waals surface area contributed by atoms with Crippen LogP contribution < -0.4 is 9.62 Å². The highest BCUT2D eigenvalue weighted by Crippen LogP contribution is 2.25. The molecule has 0 aliphatic carbocycles. The lowest BCUT2D eigenvalue weighted by Gasteiger charge is -2.30. The number of hydrogen-bond donors (Lipinski definition) is 1. The molecule has 2 aromatic rings. The van der Waals surface area contributed by atoms with Gasteiger partial charge >= 0.3 is 0 Å². The van der Waals surface area contributed by atoms with Gasteiger partial charge in [-0.2, -0.15) is 0 Å². The Balaban J connectivity index is 2.20. The molecule has 192 valence electrons. The number of carbonyl (C=O) groups is 2. The number of sulfonamides is 1. The Morgan fingerprint density at radius 2 is 1.66 bits per heavy atom. The Hall–Kier alpha value is -2.39. The van der Waals surface area contributed by atoms with Crippen molar-refractivity contribution in [3.63, 3.8) is 0 Å². The van der Waals surface area contributed by atoms with E-state index in [0.717, 1.165) is 21.2 Å². The molecule has 1 N–H and O–H groups in total. The molecule has 0 saturated heterocycles. The summed E-state index contributed by atoms with van der Waals surface area (Å²) in [5, 5.41) is 2.87. The first-order chi connectivity index (χ1) is 16.3. The molecular formula is C26H36BrN3O4S. The second-order valence-electron chi connectivity index (χ2n) is 9.15. The first-order valence-electron chi connectivity index (χ1n) is 11.7. The van der Waals surface area contributed by atoms with E-state index >= 15 is 0 Å². The van der Waals surface area contributed by atoms with Crippen LogP contribution in [0.2, 0.25) is 0 Å². The summed E-state index contributed by atoms with van der Waals surface area (Å²) in [5.74, 6) is -0.424. The minimum atomic E-state index is -3.53. The Morgan fingerprint density at radius 3 is 2.23 bits per heavy atom. The van der Waals surface area contributed by atoms with Gasteiger partial charge in [-0.3, -0.25) is 13.9 Å². The first-order valence-corrected chi connectivity index (χ1v) is 14.3. The van der Waals surface area contributed by atoms with Crippen LogP contribution in [0.1, 0.15) is 50.3 Å². The topological polar surface area (TPSA) is 86.8 Å². The molecule has 0 aliphatic rings. The zero-order valence-corrected chi connectivity index (χ0v) is 23.7. The zero-order valence-electron chi connectivity index (χ0n) is 21.3. The van der Waals surface area contributed by atoms with Crippen molar-refractivity contribution < 1.29 is 18.0 Å². The summed E-state index contributed by atoms with van der Waals surface area (Å²) >= 11 is 3.41. The third kappa shape index (κ3) is 8.35. The lowest BCUT2D eigenvalue weighted by atomic mass is 10.1. The predicted molar refractivity (Wildman–Crippen MR) is 145 cm³/mol. The molecule has 9 heteroatoms. The van der Waals surface area contributed by atoms with E-state index in [2.05, 4.69) is 21.2 Å². The van der Waals surface area contributed by atoms with E-state index in [9.17, 15) is 18.0 Å². The molecule has 35 heavy (non-hydrogen) atoms. The SMILES string of the molecule is Cc1cccc(N(CCCC(=O)N(Cc2ccc(Br)cc2)[C@H](C)C(=O)NC(C)C)S(C)(=O)=O)c1C. The van der Waals surface area contributed by atoms with Crippen LogP contribution in [-0.4, -0.2) is 50.0 Å². The van der Waals surface area contributed by atoms with E-state index in [4.69, 9.17) is 0 Å². The van der Waals surface area contributed by atoms with Crippen LogP contribution in [0.4, 0.5) is 5.69 Å². The fraction of sp³-hybridized carbons (Fsp3) is 0.462. The third-order valence-electron chi connectivity index (χ3n) is 5.86. The predicted octanol–water partition coefficient (Wildman–Crippen LogP) is 4.55. The highest BCUT2D eigenvalue weighted by atomic mass is 79.9. The van der Waals surface area contributed by atoms with Gasteiger partial charge in [0.1, 0.15) is 6.04 Å². The van der Waals surface area contributed by atoms with Crippen molar-refractivity contribution in [1.82, 2.24) is 10.2 Å². The van der Waals surface area contributed by atoms with Crippen molar-refractivity contribution in [1.29, 1.82) is 0 Å². The van der Waals surface area contributed by atoms with Gasteiger partial charge in [-0.15, -0.1) is 0 Å². The van der Waals surface area contributed by atoms with Crippen LogP contribution in [0.15, 0.2) is 46.9 Å². The Morgan fingerprint density at radius 1 is 1.03 bits per heavy atom. The van der Waals surface area contributed by atoms with Crippen LogP contribution in [0.5, 0.6) is 0 Å². The summed E-state index contributed by atoms with van der Waals surface area (Å²) in [6.07, 6.45) is 1.62. The van der Waals surface area contributed by atoms with Gasteiger partial charge in [0.25, 0.3) is 0 Å². The van der Waals surface area contributed by atoms with Gasteiger partial charge in [0.05, 0.1) is 11.9 Å². The number of hydrogen-bond acceptors (Lipinski definition) is 4. The highest BCUT2D eigenvalue weighted by molar-refractivity contribution is 9.10. The molecule has 7 nitrogen and oxygen atoms in total. The monoisotopic (exact) mass is 565 g/mol. The molecule has 0 bridgehead atoms. The molecule has 0 spiro atoms. The number of carbonyl (C=O) groups excluding carboxylic acids is 2. The number of benzene rings is 2. The summed E-state index contributed by atoms with van der Waals surface area (Å²) in [7, 11) is -3.53. The van der Waals surface area contributed by atoms with E-state index in [0.29, 0.717) is 12.1 Å². The van der Waals surface area contributed by atoms with Crippen molar-refractivity contribution >= 4 is 43.5 Å². The molecule has 0 aliphatic heterocycles. The number of amides is 2. The summed E-state index contributed by atoms with van der Waals surface area (Å²) in [6, 6.07) is 12.4. The van der Waals surface area contributed by atoms with Gasteiger partial charge < -0.3 is 10.2 Å². The lowest BCUT2D eigenvalue weighted by molar-refractivity contribution is -0.140. The average molecular weight is 567 g/mol. The summed E-state index contributed by atoms with van der Waals surface area (Å²) in [4.78, 5) is 27.6. The van der Waals surface area contributed by atoms with E-state index in [1.165, 1.54) is 10.6 Å². The van der Waals surface area contributed by atoms with E-state index in [-0.39, 0.29) is 37.4 Å². The first kappa shape index (κ1) is 28.8. The van der Waals surface area contributed by atoms with Gasteiger partial charge in [-0.25, -0.2) is 8.42 Å². The van der Waals surface area contributed by atoms with Crippen LogP contribution >= 0.6 is 15.9 Å². The Kier molecular flexibility index (Phi) is 10.3. The fourth-order valence-electron chi connectivity index (χ4n) is 3.76. The number of nitrogens with one attached hydrogen (secondary N) is 1. The zero-order chi connectivity index (χ0) is 26.3. The number of halogens is 1. The highest BCUT2D eigenvalue weighted by Gasteiger charge is 2.27. The smallest absolute Gasteiger partial charge is 0.242 e. The van der Waals surface area contributed by atoms with Gasteiger partial charge in [0.2, 0.25) is 21.8 Å². The molecule has 0 heterocycles. The second kappa shape index (κ2) is 12.5. The van der Waals surface area contributed by atoms with Crippen molar-refractivity contribution in [2.24, 2.45) is 0 Å². The maximum absolute atomic E-state index is 13.3. The van der Waals surface area contributed by atoms with Crippen LogP contribution in [0.25, 0.3) is 0 Å². The number of aryl methyl sites for hydroxylation is 1. The molecule has 2 rings (SSSR count). The maximum atomic E-state index is 13.3. The largest absolute Gasteiger partial charge is 0.352 e. The second-order valence-corrected chi connectivity index (χ2v) is 12.0. The van der Waals surface area contributed by atoms with Gasteiger partial charge in [0, 0.05) is 30.0 Å². The maximum Gasteiger partial charge on any atom is 0.242 e. The van der Waals surface area contributed by atoms with E-state index in [1.807, 2.05) is 64.1 Å². The molecule has 2 aromatic carbocycles. The molecular weight excluding hydrogens is 530 g/mol. The van der Waals surface area contributed by atoms with Gasteiger partial charge in [-0.05, 0) is 75.9 Å². The quantitative estimate of drug-likeness (QED) is 0.433. The molecule has 0 unspecified atom stereocenters. The van der Waals surface area contributed by atoms with Gasteiger partial charge in [0.15, 0.2) is 0 Å². The van der Waals surface area contributed by atoms with Gasteiger partial charge in [-0.1, -0.05) is 40.2 Å². The van der Waals surface area contributed by atoms with Crippen molar-refractivity contribution in [3.8, 4) is 0 Å². The molecule has 0 radical (unpaired) electrons. The average Bonchev–Trinajstić information content (AvgIpc) is 2.76. The fourth-order valence-corrected chi connectivity index (χ4v) is 5.04. The molecule has 2 amide bonds. The summed E-state index contributed by atoms with van der Waals surface area (Å²) in [5.41, 5.74) is 3.41. The molecule has 0 fully saturated rings. The standard InChI is InChI=1S/C26H36BrN3O4S/c1-18(2)28-26(32)21(5)29(17-22-12-14-23(27)15-13-22)25(31)11-8-16-30(35(6,33)34)24-10-7-9-19(3)20(24)4/h7,9-10,12-15,18,21H,8,11,16-17H2,1-6H3,(H,28,32)/t21-/m1/s1. The Bertz CT molecular complexity index is 1130. The summed E-state index contributed by atoms with van der Waals surface area (Å²) in [6.45, 7) is 9.75. The minimum Gasteiger partial charge on any atom is -0.352 e. The third-order valence-corrected chi connectivity index (χ3v) is 7.57. The molecule has 0 aromatic heterocycles. The number of anilines is 1.